The van der Waals surface area contributed by atoms with Crippen LogP contribution in [-0.2, 0) is 15.7 Å². The Bertz CT molecular complexity index is 1500. The van der Waals surface area contributed by atoms with Crippen LogP contribution in [-0.4, -0.2) is 50.1 Å². The quantitative estimate of drug-likeness (QED) is 0.351. The van der Waals surface area contributed by atoms with Gasteiger partial charge < -0.3 is 19.4 Å². The Kier molecular flexibility index (Phi) is 7.59. The standard InChI is InChI=1S/C29H25ClF3N5O2/c1-40-27(39)17-26-24-14-19(18-34)8-9-25(24)35-28(38(26)23-7-2-4-20(15-23)29(31,32)33)37-12-10-36(11-13-37)22-6-3-5-21(30)16-22/h2-9,14-16,26H,10-13,17H2,1H3. The third-order valence-corrected chi connectivity index (χ3v) is 7.27. The molecule has 40 heavy (non-hydrogen) atoms. The monoisotopic (exact) mass is 567 g/mol. The topological polar surface area (TPSA) is 72.2 Å². The van der Waals surface area contributed by atoms with Crippen molar-refractivity contribution in [1.82, 2.24) is 4.90 Å². The molecule has 3 aromatic carbocycles. The van der Waals surface area contributed by atoms with E-state index in [9.17, 15) is 23.2 Å². The minimum absolute atomic E-state index is 0.157. The van der Waals surface area contributed by atoms with E-state index in [2.05, 4.69) is 11.0 Å². The van der Waals surface area contributed by atoms with Crippen LogP contribution in [0.4, 0.5) is 30.2 Å². The Morgan fingerprint density at radius 3 is 2.40 bits per heavy atom. The fraction of sp³-hybridized carbons (Fsp3) is 0.276. The number of anilines is 2. The highest BCUT2D eigenvalue weighted by molar-refractivity contribution is 6.30. The number of hydrogen-bond donors (Lipinski definition) is 0. The average molecular weight is 568 g/mol. The van der Waals surface area contributed by atoms with Gasteiger partial charge in [0.15, 0.2) is 0 Å². The van der Waals surface area contributed by atoms with Crippen molar-refractivity contribution < 1.29 is 22.7 Å². The van der Waals surface area contributed by atoms with Crippen molar-refractivity contribution in [1.29, 1.82) is 5.26 Å². The molecule has 206 valence electrons. The summed E-state index contributed by atoms with van der Waals surface area (Å²) in [6.45, 7) is 2.30. The van der Waals surface area contributed by atoms with Gasteiger partial charge in [-0.15, -0.1) is 0 Å². The summed E-state index contributed by atoms with van der Waals surface area (Å²) in [5, 5.41) is 10.1. The summed E-state index contributed by atoms with van der Waals surface area (Å²) >= 11 is 6.18. The lowest BCUT2D eigenvalue weighted by atomic mass is 9.95. The highest BCUT2D eigenvalue weighted by atomic mass is 35.5. The maximum Gasteiger partial charge on any atom is 0.416 e. The summed E-state index contributed by atoms with van der Waals surface area (Å²) in [7, 11) is 1.26. The van der Waals surface area contributed by atoms with Crippen LogP contribution < -0.4 is 9.80 Å². The third kappa shape index (κ3) is 5.56. The van der Waals surface area contributed by atoms with Gasteiger partial charge in [0.05, 0.1) is 42.5 Å². The Labute approximate surface area is 234 Å². The van der Waals surface area contributed by atoms with Gasteiger partial charge >= 0.3 is 12.1 Å². The molecule has 2 heterocycles. The van der Waals surface area contributed by atoms with Crippen LogP contribution in [0.1, 0.15) is 29.2 Å². The predicted octanol–water partition coefficient (Wildman–Crippen LogP) is 6.16. The lowest BCUT2D eigenvalue weighted by Gasteiger charge is -2.45. The van der Waals surface area contributed by atoms with Gasteiger partial charge in [0.2, 0.25) is 5.96 Å². The van der Waals surface area contributed by atoms with Gasteiger partial charge in [-0.2, -0.15) is 18.4 Å². The van der Waals surface area contributed by atoms with Gasteiger partial charge in [-0.05, 0) is 54.6 Å². The molecule has 0 amide bonds. The number of esters is 1. The Hall–Kier alpha value is -4.23. The molecule has 3 aromatic rings. The second-order valence-corrected chi connectivity index (χ2v) is 9.90. The molecular formula is C29H25ClF3N5O2. The molecule has 5 rings (SSSR count). The molecule has 0 N–H and O–H groups in total. The van der Waals surface area contributed by atoms with Crippen molar-refractivity contribution in [2.24, 2.45) is 4.99 Å². The minimum atomic E-state index is -4.56. The van der Waals surface area contributed by atoms with Gasteiger partial charge in [0, 0.05) is 48.1 Å². The van der Waals surface area contributed by atoms with Gasteiger partial charge in [0.25, 0.3) is 0 Å². The van der Waals surface area contributed by atoms with Crippen molar-refractivity contribution in [3.8, 4) is 6.07 Å². The number of nitriles is 1. The van der Waals surface area contributed by atoms with Crippen LogP contribution in [0.2, 0.25) is 5.02 Å². The molecule has 1 fully saturated rings. The molecule has 1 saturated heterocycles. The summed E-state index contributed by atoms with van der Waals surface area (Å²) in [4.78, 5) is 23.3. The van der Waals surface area contributed by atoms with E-state index >= 15 is 0 Å². The van der Waals surface area contributed by atoms with E-state index in [1.807, 2.05) is 29.2 Å². The molecule has 0 aliphatic carbocycles. The first kappa shape index (κ1) is 27.3. The van der Waals surface area contributed by atoms with Crippen LogP contribution >= 0.6 is 11.6 Å². The van der Waals surface area contributed by atoms with Crippen molar-refractivity contribution >= 4 is 40.6 Å². The summed E-state index contributed by atoms with van der Waals surface area (Å²) in [5.74, 6) is -0.113. The minimum Gasteiger partial charge on any atom is -0.469 e. The number of carbonyl (C=O) groups is 1. The normalized spacial score (nSPS) is 17.1. The van der Waals surface area contributed by atoms with Crippen molar-refractivity contribution in [3.05, 3.63) is 88.4 Å². The number of benzene rings is 3. The van der Waals surface area contributed by atoms with E-state index in [4.69, 9.17) is 21.3 Å². The molecule has 2 aliphatic rings. The van der Waals surface area contributed by atoms with E-state index in [-0.39, 0.29) is 12.1 Å². The zero-order chi connectivity index (χ0) is 28.4. The number of carbonyl (C=O) groups excluding carboxylic acids is 1. The largest absolute Gasteiger partial charge is 0.469 e. The van der Waals surface area contributed by atoms with Crippen molar-refractivity contribution in [2.45, 2.75) is 18.6 Å². The van der Waals surface area contributed by atoms with Crippen LogP contribution in [0, 0.1) is 11.3 Å². The first-order valence-electron chi connectivity index (χ1n) is 12.6. The van der Waals surface area contributed by atoms with E-state index in [1.54, 1.807) is 29.2 Å². The SMILES string of the molecule is COC(=O)CC1c2cc(C#N)ccc2N=C(N2CCN(c3cccc(Cl)c3)CC2)N1c1cccc(C(F)(F)F)c1. The number of hydrogen-bond acceptors (Lipinski definition) is 7. The zero-order valence-electron chi connectivity index (χ0n) is 21.5. The predicted molar refractivity (Wildman–Crippen MR) is 147 cm³/mol. The van der Waals surface area contributed by atoms with Crippen LogP contribution in [0.3, 0.4) is 0 Å². The maximum atomic E-state index is 13.7. The Morgan fingerprint density at radius 1 is 1.02 bits per heavy atom. The highest BCUT2D eigenvalue weighted by Crippen LogP contribution is 2.42. The number of fused-ring (bicyclic) bond motifs is 1. The second-order valence-electron chi connectivity index (χ2n) is 9.47. The molecule has 1 unspecified atom stereocenters. The van der Waals surface area contributed by atoms with Crippen LogP contribution in [0.15, 0.2) is 71.7 Å². The number of aliphatic imine (C=N–C) groups is 1. The summed E-state index contributed by atoms with van der Waals surface area (Å²) < 4.78 is 46.2. The van der Waals surface area contributed by atoms with Gasteiger partial charge in [-0.1, -0.05) is 23.7 Å². The molecule has 0 saturated carbocycles. The first-order valence-corrected chi connectivity index (χ1v) is 13.0. The molecular weight excluding hydrogens is 543 g/mol. The number of ether oxygens (including phenoxy) is 1. The average Bonchev–Trinajstić information content (AvgIpc) is 2.96. The summed E-state index contributed by atoms with van der Waals surface area (Å²) in [5.41, 5.74) is 1.85. The number of methoxy groups -OCH3 is 1. The Morgan fingerprint density at radius 2 is 1.73 bits per heavy atom. The van der Waals surface area contributed by atoms with Crippen LogP contribution in [0.5, 0.6) is 0 Å². The molecule has 0 bridgehead atoms. The molecule has 0 aromatic heterocycles. The molecule has 11 heteroatoms. The highest BCUT2D eigenvalue weighted by Gasteiger charge is 2.38. The number of halogens is 4. The van der Waals surface area contributed by atoms with Gasteiger partial charge in [-0.25, -0.2) is 4.99 Å². The molecule has 1 atom stereocenters. The van der Waals surface area contributed by atoms with E-state index in [1.165, 1.54) is 13.2 Å². The first-order chi connectivity index (χ1) is 19.2. The maximum absolute atomic E-state index is 13.7. The number of nitrogens with zero attached hydrogens (tertiary/aromatic N) is 5. The fourth-order valence-corrected chi connectivity index (χ4v) is 5.25. The number of piperazine rings is 1. The second kappa shape index (κ2) is 11.1. The molecule has 7 nitrogen and oxygen atoms in total. The van der Waals surface area contributed by atoms with Crippen molar-refractivity contribution in [2.75, 3.05) is 43.1 Å². The summed E-state index contributed by atoms with van der Waals surface area (Å²) in [6.07, 6.45) is -4.72. The van der Waals surface area contributed by atoms with Crippen LogP contribution in [0.25, 0.3) is 0 Å². The number of guanidine groups is 1. The molecule has 2 aliphatic heterocycles. The number of alkyl halides is 3. The fourth-order valence-electron chi connectivity index (χ4n) is 5.06. The molecule has 0 radical (unpaired) electrons. The zero-order valence-corrected chi connectivity index (χ0v) is 22.3. The summed E-state index contributed by atoms with van der Waals surface area (Å²) in [6, 6.07) is 18.8. The lowest BCUT2D eigenvalue weighted by molar-refractivity contribution is -0.141. The smallest absolute Gasteiger partial charge is 0.416 e. The van der Waals surface area contributed by atoms with Gasteiger partial charge in [0.1, 0.15) is 0 Å². The van der Waals surface area contributed by atoms with Crippen molar-refractivity contribution in [3.63, 3.8) is 0 Å². The molecule has 0 spiro atoms. The lowest BCUT2D eigenvalue weighted by Crippen LogP contribution is -2.55. The van der Waals surface area contributed by atoms with E-state index in [0.29, 0.717) is 54.0 Å². The van der Waals surface area contributed by atoms with E-state index < -0.39 is 23.8 Å². The van der Waals surface area contributed by atoms with E-state index in [0.717, 1.165) is 17.8 Å². The number of rotatable bonds is 4. The van der Waals surface area contributed by atoms with Gasteiger partial charge in [-0.3, -0.25) is 4.79 Å². The third-order valence-electron chi connectivity index (χ3n) is 7.04. The Balaban J connectivity index is 1.58.